The molecule has 138 valence electrons. The van der Waals surface area contributed by atoms with E-state index < -0.39 is 0 Å². The zero-order chi connectivity index (χ0) is 18.7. The number of rotatable bonds is 8. The first-order valence-electron chi connectivity index (χ1n) is 8.44. The van der Waals surface area contributed by atoms with Crippen LogP contribution in [0.1, 0.15) is 18.9 Å². The molecule has 0 spiro atoms. The number of nitrogens with one attached hydrogen (secondary N) is 2. The first-order valence-corrected chi connectivity index (χ1v) is 8.44. The number of carbonyl (C=O) groups excluding carboxylic acids is 2. The van der Waals surface area contributed by atoms with Crippen LogP contribution in [0.3, 0.4) is 0 Å². The first kappa shape index (κ1) is 20.5. The number of hydrogen-bond acceptors (Lipinski definition) is 3. The third kappa shape index (κ3) is 8.19. The zero-order valence-electron chi connectivity index (χ0n) is 15.6. The van der Waals surface area contributed by atoms with Gasteiger partial charge in [0.2, 0.25) is 11.8 Å². The van der Waals surface area contributed by atoms with Gasteiger partial charge in [-0.3, -0.25) is 9.59 Å². The summed E-state index contributed by atoms with van der Waals surface area (Å²) >= 11 is 0. The minimum Gasteiger partial charge on any atom is -0.357 e. The third-order valence-electron chi connectivity index (χ3n) is 3.54. The van der Waals surface area contributed by atoms with Gasteiger partial charge >= 0.3 is 0 Å². The molecule has 0 fully saturated rings. The highest BCUT2D eigenvalue weighted by molar-refractivity contribution is 5.85. The smallest absolute Gasteiger partial charge is 0.243 e. The molecule has 1 rings (SSSR count). The summed E-state index contributed by atoms with van der Waals surface area (Å²) in [6, 6.07) is 9.88. The van der Waals surface area contributed by atoms with Crippen molar-refractivity contribution in [2.24, 2.45) is 4.99 Å². The SMILES string of the molecule is CCNC(=NCC(=O)N(C)C)NCCC(=O)N(C)Cc1ccccc1. The largest absolute Gasteiger partial charge is 0.357 e. The fourth-order valence-corrected chi connectivity index (χ4v) is 2.05. The van der Waals surface area contributed by atoms with Gasteiger partial charge in [0.25, 0.3) is 0 Å². The van der Waals surface area contributed by atoms with Gasteiger partial charge in [-0.15, -0.1) is 0 Å². The van der Waals surface area contributed by atoms with Crippen molar-refractivity contribution in [3.8, 4) is 0 Å². The summed E-state index contributed by atoms with van der Waals surface area (Å²) in [5.41, 5.74) is 1.10. The number of aliphatic imine (C=N–C) groups is 1. The van der Waals surface area contributed by atoms with Crippen LogP contribution in [-0.4, -0.2) is 68.4 Å². The normalized spacial score (nSPS) is 11.0. The average molecular weight is 347 g/mol. The lowest BCUT2D eigenvalue weighted by Gasteiger charge is -2.18. The molecular weight excluding hydrogens is 318 g/mol. The Morgan fingerprint density at radius 1 is 1.04 bits per heavy atom. The van der Waals surface area contributed by atoms with Crippen molar-refractivity contribution in [2.45, 2.75) is 19.9 Å². The van der Waals surface area contributed by atoms with Gasteiger partial charge < -0.3 is 20.4 Å². The second-order valence-corrected chi connectivity index (χ2v) is 5.90. The molecule has 0 radical (unpaired) electrons. The minimum atomic E-state index is -0.0733. The molecule has 0 saturated carbocycles. The molecule has 2 amide bonds. The quantitative estimate of drug-likeness (QED) is 0.535. The van der Waals surface area contributed by atoms with Crippen molar-refractivity contribution < 1.29 is 9.59 Å². The Kier molecular flexibility index (Phi) is 9.06. The molecule has 1 aromatic rings. The lowest BCUT2D eigenvalue weighted by atomic mass is 10.2. The number of benzene rings is 1. The number of guanidine groups is 1. The van der Waals surface area contributed by atoms with E-state index in [0.29, 0.717) is 32.0 Å². The van der Waals surface area contributed by atoms with Crippen LogP contribution in [0, 0.1) is 0 Å². The number of nitrogens with zero attached hydrogens (tertiary/aromatic N) is 3. The number of carbonyl (C=O) groups is 2. The van der Waals surface area contributed by atoms with Gasteiger partial charge in [0.05, 0.1) is 0 Å². The van der Waals surface area contributed by atoms with Crippen molar-refractivity contribution in [3.63, 3.8) is 0 Å². The van der Waals surface area contributed by atoms with Crippen LogP contribution in [0.15, 0.2) is 35.3 Å². The van der Waals surface area contributed by atoms with Crippen LogP contribution >= 0.6 is 0 Å². The van der Waals surface area contributed by atoms with Crippen LogP contribution in [0.5, 0.6) is 0 Å². The monoisotopic (exact) mass is 347 g/mol. The molecule has 7 nitrogen and oxygen atoms in total. The van der Waals surface area contributed by atoms with Crippen LogP contribution in [0.2, 0.25) is 0 Å². The summed E-state index contributed by atoms with van der Waals surface area (Å²) in [6.45, 7) is 3.75. The van der Waals surface area contributed by atoms with E-state index in [9.17, 15) is 9.59 Å². The molecule has 0 aliphatic carbocycles. The Labute approximate surface area is 150 Å². The number of amides is 2. The van der Waals surface area contributed by atoms with Crippen molar-refractivity contribution >= 4 is 17.8 Å². The Hall–Kier alpha value is -2.57. The predicted octanol–water partition coefficient (Wildman–Crippen LogP) is 0.678. The van der Waals surface area contributed by atoms with E-state index in [0.717, 1.165) is 5.56 Å². The predicted molar refractivity (Wildman–Crippen MR) is 100 cm³/mol. The minimum absolute atomic E-state index is 0.0524. The molecule has 0 aliphatic heterocycles. The molecule has 0 unspecified atom stereocenters. The van der Waals surface area contributed by atoms with E-state index in [1.165, 1.54) is 4.90 Å². The highest BCUT2D eigenvalue weighted by Crippen LogP contribution is 2.03. The van der Waals surface area contributed by atoms with Gasteiger partial charge in [-0.25, -0.2) is 4.99 Å². The Morgan fingerprint density at radius 3 is 2.32 bits per heavy atom. The maximum Gasteiger partial charge on any atom is 0.243 e. The van der Waals surface area contributed by atoms with Crippen LogP contribution in [-0.2, 0) is 16.1 Å². The van der Waals surface area contributed by atoms with Gasteiger partial charge in [-0.2, -0.15) is 0 Å². The van der Waals surface area contributed by atoms with Crippen LogP contribution in [0.4, 0.5) is 0 Å². The van der Waals surface area contributed by atoms with E-state index >= 15 is 0 Å². The second kappa shape index (κ2) is 11.1. The van der Waals surface area contributed by atoms with Crippen molar-refractivity contribution in [3.05, 3.63) is 35.9 Å². The number of hydrogen-bond donors (Lipinski definition) is 2. The molecular formula is C18H29N5O2. The maximum atomic E-state index is 12.2. The van der Waals surface area contributed by atoms with E-state index in [1.807, 2.05) is 37.3 Å². The third-order valence-corrected chi connectivity index (χ3v) is 3.54. The van der Waals surface area contributed by atoms with Gasteiger partial charge in [0.15, 0.2) is 5.96 Å². The summed E-state index contributed by atoms with van der Waals surface area (Å²) in [7, 11) is 5.18. The molecule has 1 aromatic carbocycles. The lowest BCUT2D eigenvalue weighted by molar-refractivity contribution is -0.130. The van der Waals surface area contributed by atoms with E-state index in [-0.39, 0.29) is 18.4 Å². The Morgan fingerprint density at radius 2 is 1.72 bits per heavy atom. The summed E-state index contributed by atoms with van der Waals surface area (Å²) in [6.07, 6.45) is 0.357. The van der Waals surface area contributed by atoms with Gasteiger partial charge in [-0.05, 0) is 12.5 Å². The summed E-state index contributed by atoms with van der Waals surface area (Å²) in [5.74, 6) is 0.517. The summed E-state index contributed by atoms with van der Waals surface area (Å²) in [4.78, 5) is 31.2. The van der Waals surface area contributed by atoms with Crippen molar-refractivity contribution in [1.82, 2.24) is 20.4 Å². The molecule has 25 heavy (non-hydrogen) atoms. The Balaban J connectivity index is 2.42. The fourth-order valence-electron chi connectivity index (χ4n) is 2.05. The van der Waals surface area contributed by atoms with Crippen molar-refractivity contribution in [2.75, 3.05) is 40.8 Å². The lowest BCUT2D eigenvalue weighted by Crippen LogP contribution is -2.40. The summed E-state index contributed by atoms with van der Waals surface area (Å²) < 4.78 is 0. The molecule has 0 atom stereocenters. The molecule has 0 aliphatic rings. The second-order valence-electron chi connectivity index (χ2n) is 5.90. The zero-order valence-corrected chi connectivity index (χ0v) is 15.6. The fraction of sp³-hybridized carbons (Fsp3) is 0.500. The standard InChI is InChI=1S/C18H29N5O2/c1-5-19-18(21-13-17(25)22(2)3)20-12-11-16(24)23(4)14-15-9-7-6-8-10-15/h6-10H,5,11-14H2,1-4H3,(H2,19,20,21). The van der Waals surface area contributed by atoms with E-state index in [1.54, 1.807) is 26.0 Å². The van der Waals surface area contributed by atoms with E-state index in [2.05, 4.69) is 15.6 Å². The highest BCUT2D eigenvalue weighted by Gasteiger charge is 2.10. The molecule has 0 saturated heterocycles. The Bertz CT molecular complexity index is 572. The van der Waals surface area contributed by atoms with Crippen LogP contribution in [0.25, 0.3) is 0 Å². The molecule has 0 heterocycles. The molecule has 2 N–H and O–H groups in total. The molecule has 0 aromatic heterocycles. The van der Waals surface area contributed by atoms with Gasteiger partial charge in [0.1, 0.15) is 6.54 Å². The topological polar surface area (TPSA) is 77.0 Å². The van der Waals surface area contributed by atoms with Gasteiger partial charge in [0, 0.05) is 47.2 Å². The summed E-state index contributed by atoms with van der Waals surface area (Å²) in [5, 5.41) is 6.15. The van der Waals surface area contributed by atoms with Gasteiger partial charge in [-0.1, -0.05) is 30.3 Å². The molecule has 7 heteroatoms. The first-order chi connectivity index (χ1) is 11.9. The maximum absolute atomic E-state index is 12.2. The highest BCUT2D eigenvalue weighted by atomic mass is 16.2. The average Bonchev–Trinajstić information content (AvgIpc) is 2.59. The van der Waals surface area contributed by atoms with Crippen molar-refractivity contribution in [1.29, 1.82) is 0 Å². The van der Waals surface area contributed by atoms with E-state index in [4.69, 9.17) is 0 Å². The number of likely N-dealkylation sites (N-methyl/N-ethyl adjacent to an activating group) is 1. The van der Waals surface area contributed by atoms with Crippen LogP contribution < -0.4 is 10.6 Å². The molecule has 0 bridgehead atoms.